The maximum atomic E-state index is 12.0. The predicted molar refractivity (Wildman–Crippen MR) is 68.1 cm³/mol. The Morgan fingerprint density at radius 2 is 2.12 bits per heavy atom. The van der Waals surface area contributed by atoms with E-state index in [0.29, 0.717) is 6.04 Å². The van der Waals surface area contributed by atoms with E-state index in [1.165, 1.54) is 24.8 Å². The number of hydrogen-bond acceptors (Lipinski definition) is 2. The Kier molecular flexibility index (Phi) is 2.85. The van der Waals surface area contributed by atoms with E-state index in [4.69, 9.17) is 0 Å². The van der Waals surface area contributed by atoms with Crippen LogP contribution in [-0.2, 0) is 4.79 Å². The van der Waals surface area contributed by atoms with Crippen molar-refractivity contribution in [2.24, 2.45) is 0 Å². The molecule has 1 aromatic carbocycles. The molecule has 0 aromatic heterocycles. The van der Waals surface area contributed by atoms with Crippen LogP contribution in [0.5, 0.6) is 0 Å². The van der Waals surface area contributed by atoms with Crippen molar-refractivity contribution in [1.29, 1.82) is 0 Å². The summed E-state index contributed by atoms with van der Waals surface area (Å²) in [4.78, 5) is 12.0. The van der Waals surface area contributed by atoms with Gasteiger partial charge in [0.25, 0.3) is 0 Å². The van der Waals surface area contributed by atoms with Gasteiger partial charge in [-0.3, -0.25) is 4.79 Å². The number of nitrogens with one attached hydrogen (secondary N) is 2. The molecule has 0 saturated carbocycles. The van der Waals surface area contributed by atoms with Crippen LogP contribution in [0.4, 0.5) is 5.69 Å². The van der Waals surface area contributed by atoms with E-state index >= 15 is 0 Å². The molecule has 3 heteroatoms. The molecule has 2 unspecified atom stereocenters. The quantitative estimate of drug-likeness (QED) is 0.818. The third kappa shape index (κ3) is 2.07. The summed E-state index contributed by atoms with van der Waals surface area (Å²) in [6.45, 7) is 1.10. The lowest BCUT2D eigenvalue weighted by Gasteiger charge is -2.25. The van der Waals surface area contributed by atoms with E-state index in [0.717, 1.165) is 18.7 Å². The zero-order valence-corrected chi connectivity index (χ0v) is 9.91. The van der Waals surface area contributed by atoms with Crippen LogP contribution in [0.25, 0.3) is 0 Å². The van der Waals surface area contributed by atoms with E-state index in [1.807, 2.05) is 18.2 Å². The first-order valence-corrected chi connectivity index (χ1v) is 6.48. The van der Waals surface area contributed by atoms with Gasteiger partial charge in [-0.15, -0.1) is 0 Å². The summed E-state index contributed by atoms with van der Waals surface area (Å²) in [5.41, 5.74) is 2.17. The fourth-order valence-corrected chi connectivity index (χ4v) is 2.92. The molecule has 1 saturated heterocycles. The highest BCUT2D eigenvalue weighted by molar-refractivity contribution is 6.02. The van der Waals surface area contributed by atoms with Gasteiger partial charge in [-0.1, -0.05) is 24.6 Å². The molecule has 2 atom stereocenters. The van der Waals surface area contributed by atoms with Gasteiger partial charge in [-0.05, 0) is 37.4 Å². The van der Waals surface area contributed by atoms with Gasteiger partial charge < -0.3 is 10.6 Å². The van der Waals surface area contributed by atoms with Gasteiger partial charge in [0.05, 0.1) is 5.92 Å². The Hall–Kier alpha value is -1.35. The van der Waals surface area contributed by atoms with Gasteiger partial charge in [0.1, 0.15) is 0 Å². The minimum atomic E-state index is 0.0433. The van der Waals surface area contributed by atoms with Crippen molar-refractivity contribution in [3.8, 4) is 0 Å². The van der Waals surface area contributed by atoms with Crippen molar-refractivity contribution >= 4 is 11.6 Å². The van der Waals surface area contributed by atoms with Crippen molar-refractivity contribution in [2.45, 2.75) is 37.6 Å². The van der Waals surface area contributed by atoms with Crippen molar-refractivity contribution < 1.29 is 4.79 Å². The van der Waals surface area contributed by atoms with Crippen molar-refractivity contribution in [3.63, 3.8) is 0 Å². The zero-order valence-electron chi connectivity index (χ0n) is 9.91. The SMILES string of the molecule is O=C1Nc2ccccc2C1CC1CCCCN1. The number of para-hydroxylation sites is 1. The summed E-state index contributed by atoms with van der Waals surface area (Å²) in [5, 5.41) is 6.49. The molecule has 3 nitrogen and oxygen atoms in total. The number of piperidine rings is 1. The summed E-state index contributed by atoms with van der Waals surface area (Å²) < 4.78 is 0. The predicted octanol–water partition coefficient (Wildman–Crippen LogP) is 2.25. The van der Waals surface area contributed by atoms with Gasteiger partial charge in [-0.25, -0.2) is 0 Å². The number of carbonyl (C=O) groups excluding carboxylic acids is 1. The number of anilines is 1. The number of fused-ring (bicyclic) bond motifs is 1. The van der Waals surface area contributed by atoms with E-state index < -0.39 is 0 Å². The molecular formula is C14H18N2O. The number of hydrogen-bond donors (Lipinski definition) is 2. The maximum Gasteiger partial charge on any atom is 0.232 e. The fraction of sp³-hybridized carbons (Fsp3) is 0.500. The Bertz CT molecular complexity index is 424. The molecule has 0 spiro atoms. The van der Waals surface area contributed by atoms with Crippen LogP contribution in [0.3, 0.4) is 0 Å². The van der Waals surface area contributed by atoms with Gasteiger partial charge in [0, 0.05) is 11.7 Å². The fourth-order valence-electron chi connectivity index (χ4n) is 2.92. The van der Waals surface area contributed by atoms with Gasteiger partial charge >= 0.3 is 0 Å². The topological polar surface area (TPSA) is 41.1 Å². The Balaban J connectivity index is 1.76. The standard InChI is InChI=1S/C14H18N2O/c17-14-12(9-10-5-3-4-8-15-10)11-6-1-2-7-13(11)16-14/h1-2,6-7,10,12,15H,3-5,8-9H2,(H,16,17). The van der Waals surface area contributed by atoms with E-state index in [1.54, 1.807) is 0 Å². The molecule has 1 aromatic rings. The highest BCUT2D eigenvalue weighted by Crippen LogP contribution is 2.35. The molecule has 90 valence electrons. The van der Waals surface area contributed by atoms with Crippen LogP contribution < -0.4 is 10.6 Å². The summed E-state index contributed by atoms with van der Waals surface area (Å²) in [7, 11) is 0. The normalized spacial score (nSPS) is 27.6. The first kappa shape index (κ1) is 10.8. The zero-order chi connectivity index (χ0) is 11.7. The Morgan fingerprint density at radius 3 is 2.94 bits per heavy atom. The number of benzene rings is 1. The second kappa shape index (κ2) is 4.49. The van der Waals surface area contributed by atoms with E-state index in [9.17, 15) is 4.79 Å². The summed E-state index contributed by atoms with van der Waals surface area (Å²) in [5.74, 6) is 0.209. The van der Waals surface area contributed by atoms with Crippen molar-refractivity contribution in [3.05, 3.63) is 29.8 Å². The lowest BCUT2D eigenvalue weighted by molar-refractivity contribution is -0.117. The van der Waals surface area contributed by atoms with E-state index in [-0.39, 0.29) is 11.8 Å². The average molecular weight is 230 g/mol. The minimum Gasteiger partial charge on any atom is -0.325 e. The van der Waals surface area contributed by atoms with Crippen molar-refractivity contribution in [1.82, 2.24) is 5.32 Å². The molecular weight excluding hydrogens is 212 g/mol. The molecule has 17 heavy (non-hydrogen) atoms. The van der Waals surface area contributed by atoms with Gasteiger partial charge in [0.15, 0.2) is 0 Å². The smallest absolute Gasteiger partial charge is 0.232 e. The Labute approximate surface area is 102 Å². The molecule has 2 N–H and O–H groups in total. The summed E-state index contributed by atoms with van der Waals surface area (Å²) in [6, 6.07) is 8.55. The molecule has 2 heterocycles. The monoisotopic (exact) mass is 230 g/mol. The molecule has 0 bridgehead atoms. The number of amides is 1. The summed E-state index contributed by atoms with van der Waals surface area (Å²) >= 11 is 0. The lowest BCUT2D eigenvalue weighted by atomic mass is 9.90. The van der Waals surface area contributed by atoms with Crippen LogP contribution in [-0.4, -0.2) is 18.5 Å². The second-order valence-corrected chi connectivity index (χ2v) is 5.01. The van der Waals surface area contributed by atoms with Crippen LogP contribution >= 0.6 is 0 Å². The molecule has 3 rings (SSSR count). The second-order valence-electron chi connectivity index (χ2n) is 5.01. The van der Waals surface area contributed by atoms with Gasteiger partial charge in [-0.2, -0.15) is 0 Å². The molecule has 1 amide bonds. The highest BCUT2D eigenvalue weighted by atomic mass is 16.2. The lowest BCUT2D eigenvalue weighted by Crippen LogP contribution is -2.36. The minimum absolute atomic E-state index is 0.0433. The number of carbonyl (C=O) groups is 1. The summed E-state index contributed by atoms with van der Waals surface area (Å²) in [6.07, 6.45) is 4.69. The maximum absolute atomic E-state index is 12.0. The van der Waals surface area contributed by atoms with Crippen LogP contribution in [0.2, 0.25) is 0 Å². The average Bonchev–Trinajstić information content (AvgIpc) is 2.68. The van der Waals surface area contributed by atoms with Gasteiger partial charge in [0.2, 0.25) is 5.91 Å². The molecule has 2 aliphatic heterocycles. The molecule has 0 aliphatic carbocycles. The largest absolute Gasteiger partial charge is 0.325 e. The molecule has 2 aliphatic rings. The highest BCUT2D eigenvalue weighted by Gasteiger charge is 2.32. The van der Waals surface area contributed by atoms with Crippen LogP contribution in [0.1, 0.15) is 37.2 Å². The third-order valence-electron chi connectivity index (χ3n) is 3.84. The van der Waals surface area contributed by atoms with Crippen LogP contribution in [0.15, 0.2) is 24.3 Å². The molecule has 1 fully saturated rings. The number of rotatable bonds is 2. The third-order valence-corrected chi connectivity index (χ3v) is 3.84. The molecule has 0 radical (unpaired) electrons. The van der Waals surface area contributed by atoms with Crippen LogP contribution in [0, 0.1) is 0 Å². The van der Waals surface area contributed by atoms with E-state index in [2.05, 4.69) is 16.7 Å². The Morgan fingerprint density at radius 1 is 1.24 bits per heavy atom. The first-order chi connectivity index (χ1) is 8.34. The first-order valence-electron chi connectivity index (χ1n) is 6.48. The van der Waals surface area contributed by atoms with Crippen molar-refractivity contribution in [2.75, 3.05) is 11.9 Å².